The van der Waals surface area contributed by atoms with Crippen LogP contribution in [0.3, 0.4) is 0 Å². The molecular formula is C41H44FN3. The number of nitrogens with zero attached hydrogens (tertiary/aromatic N) is 3. The summed E-state index contributed by atoms with van der Waals surface area (Å²) >= 11 is 0. The average Bonchev–Trinajstić information content (AvgIpc) is 3.30. The molecule has 5 aromatic rings. The van der Waals surface area contributed by atoms with Gasteiger partial charge in [0.05, 0.1) is 16.9 Å². The molecule has 0 saturated heterocycles. The highest BCUT2D eigenvalue weighted by Crippen LogP contribution is 2.42. The maximum atomic E-state index is 13.7. The Bertz CT molecular complexity index is 1880. The molecule has 1 aromatic heterocycles. The summed E-state index contributed by atoms with van der Waals surface area (Å²) in [6.45, 7) is 15.4. The summed E-state index contributed by atoms with van der Waals surface area (Å²) in [5, 5.41) is 1.18. The van der Waals surface area contributed by atoms with Crippen molar-refractivity contribution >= 4 is 34.3 Å². The van der Waals surface area contributed by atoms with Crippen molar-refractivity contribution in [2.75, 3.05) is 11.9 Å². The molecule has 45 heavy (non-hydrogen) atoms. The lowest BCUT2D eigenvalue weighted by molar-refractivity contribution is 0.628. The molecule has 0 aliphatic heterocycles. The zero-order valence-corrected chi connectivity index (χ0v) is 27.8. The molecule has 0 unspecified atom stereocenters. The number of rotatable bonds is 7. The van der Waals surface area contributed by atoms with Crippen LogP contribution in [0, 0.1) is 19.7 Å². The van der Waals surface area contributed by atoms with Crippen molar-refractivity contribution in [2.45, 2.75) is 60.3 Å². The van der Waals surface area contributed by atoms with Crippen LogP contribution in [0.1, 0.15) is 74.4 Å². The van der Waals surface area contributed by atoms with Gasteiger partial charge in [-0.1, -0.05) is 107 Å². The normalized spacial score (nSPS) is 12.5. The predicted molar refractivity (Wildman–Crippen MR) is 193 cm³/mol. The molecular weight excluding hydrogens is 553 g/mol. The predicted octanol–water partition coefficient (Wildman–Crippen LogP) is 11.6. The molecule has 230 valence electrons. The summed E-state index contributed by atoms with van der Waals surface area (Å²) in [5.41, 5.74) is 11.3. The molecule has 3 nitrogen and oxygen atoms in total. The molecule has 4 heteroatoms. The molecule has 0 amide bonds. The van der Waals surface area contributed by atoms with Gasteiger partial charge in [0.25, 0.3) is 0 Å². The van der Waals surface area contributed by atoms with Crippen LogP contribution in [0.5, 0.6) is 0 Å². The SMILES string of the molecule is C/C=C/C=C\c1c(C)n(/C(=N\C)N(c2ccc(-c3ccc(F)cc3)cc2C)c2c(C(C)C)cccc2C(C)C)c2ccccc12. The van der Waals surface area contributed by atoms with E-state index in [1.54, 1.807) is 0 Å². The topological polar surface area (TPSA) is 20.5 Å². The highest BCUT2D eigenvalue weighted by molar-refractivity contribution is 6.11. The average molecular weight is 598 g/mol. The van der Waals surface area contributed by atoms with Crippen LogP contribution in [0.2, 0.25) is 0 Å². The van der Waals surface area contributed by atoms with Crippen LogP contribution in [-0.4, -0.2) is 17.6 Å². The lowest BCUT2D eigenvalue weighted by Crippen LogP contribution is -2.35. The Hall–Kier alpha value is -4.70. The van der Waals surface area contributed by atoms with Crippen molar-refractivity contribution in [3.63, 3.8) is 0 Å². The van der Waals surface area contributed by atoms with Gasteiger partial charge in [-0.3, -0.25) is 14.5 Å². The van der Waals surface area contributed by atoms with Crippen LogP contribution in [-0.2, 0) is 0 Å². The second-order valence-electron chi connectivity index (χ2n) is 12.2. The quantitative estimate of drug-likeness (QED) is 0.104. The number of aliphatic imine (C=N–C) groups is 1. The molecule has 0 radical (unpaired) electrons. The Morgan fingerprint density at radius 2 is 1.44 bits per heavy atom. The van der Waals surface area contributed by atoms with E-state index in [0.717, 1.165) is 39.5 Å². The minimum atomic E-state index is -0.233. The Morgan fingerprint density at radius 1 is 0.800 bits per heavy atom. The summed E-state index contributed by atoms with van der Waals surface area (Å²) < 4.78 is 16.0. The van der Waals surface area contributed by atoms with Crippen molar-refractivity contribution in [1.82, 2.24) is 4.57 Å². The first-order valence-electron chi connectivity index (χ1n) is 15.8. The first-order chi connectivity index (χ1) is 21.7. The highest BCUT2D eigenvalue weighted by Gasteiger charge is 2.29. The first kappa shape index (κ1) is 31.7. The van der Waals surface area contributed by atoms with Gasteiger partial charge in [-0.2, -0.15) is 0 Å². The van der Waals surface area contributed by atoms with Gasteiger partial charge in [-0.05, 0) is 90.8 Å². The monoisotopic (exact) mass is 597 g/mol. The second kappa shape index (κ2) is 13.5. The Kier molecular flexibility index (Phi) is 9.53. The Labute approximate surface area is 268 Å². The van der Waals surface area contributed by atoms with E-state index < -0.39 is 0 Å². The number of hydrogen-bond donors (Lipinski definition) is 0. The van der Waals surface area contributed by atoms with E-state index in [-0.39, 0.29) is 5.82 Å². The number of para-hydroxylation sites is 2. The summed E-state index contributed by atoms with van der Waals surface area (Å²) in [5.74, 6) is 1.18. The minimum Gasteiger partial charge on any atom is -0.283 e. The molecule has 5 rings (SSSR count). The van der Waals surface area contributed by atoms with Crippen LogP contribution in [0.4, 0.5) is 15.8 Å². The van der Waals surface area contributed by atoms with Crippen molar-refractivity contribution in [2.24, 2.45) is 4.99 Å². The van der Waals surface area contributed by atoms with Crippen LogP contribution in [0.15, 0.2) is 108 Å². The van der Waals surface area contributed by atoms with Crippen molar-refractivity contribution in [3.05, 3.63) is 137 Å². The van der Waals surface area contributed by atoms with E-state index in [4.69, 9.17) is 4.99 Å². The molecule has 0 saturated carbocycles. The lowest BCUT2D eigenvalue weighted by atomic mass is 9.91. The van der Waals surface area contributed by atoms with E-state index in [2.05, 4.69) is 130 Å². The Morgan fingerprint density at radius 3 is 2.04 bits per heavy atom. The van der Waals surface area contributed by atoms with Crippen molar-refractivity contribution in [1.29, 1.82) is 0 Å². The molecule has 4 aromatic carbocycles. The standard InChI is InChI=1S/C41H44FN3/c1-9-10-11-15-36-30(7)44(39-19-13-12-16-37(36)39)41(43-8)45(40-34(27(2)3)17-14-18-35(40)28(4)5)38-25-22-32(26-29(38)6)31-20-23-33(42)24-21-31/h9-28H,1-8H3/b10-9+,15-11-,43-41+. The molecule has 0 atom stereocenters. The number of aromatic nitrogens is 1. The van der Waals surface area contributed by atoms with E-state index >= 15 is 0 Å². The summed E-state index contributed by atoms with van der Waals surface area (Å²) in [6.07, 6.45) is 8.39. The molecule has 0 aliphatic carbocycles. The van der Waals surface area contributed by atoms with Gasteiger partial charge in [-0.15, -0.1) is 0 Å². The summed E-state index contributed by atoms with van der Waals surface area (Å²) in [4.78, 5) is 7.46. The maximum Gasteiger partial charge on any atom is 0.214 e. The van der Waals surface area contributed by atoms with Crippen LogP contribution in [0.25, 0.3) is 28.1 Å². The molecule has 0 aliphatic rings. The van der Waals surface area contributed by atoms with Gasteiger partial charge >= 0.3 is 0 Å². The van der Waals surface area contributed by atoms with Crippen LogP contribution >= 0.6 is 0 Å². The van der Waals surface area contributed by atoms with Gasteiger partial charge < -0.3 is 0 Å². The van der Waals surface area contributed by atoms with E-state index in [1.165, 1.54) is 39.9 Å². The van der Waals surface area contributed by atoms with Gasteiger partial charge in [0.15, 0.2) is 0 Å². The third-order valence-corrected chi connectivity index (χ3v) is 8.51. The fourth-order valence-electron chi connectivity index (χ4n) is 6.25. The largest absolute Gasteiger partial charge is 0.283 e. The van der Waals surface area contributed by atoms with Crippen LogP contribution < -0.4 is 4.90 Å². The maximum absolute atomic E-state index is 13.7. The highest BCUT2D eigenvalue weighted by atomic mass is 19.1. The van der Waals surface area contributed by atoms with Gasteiger partial charge in [0.1, 0.15) is 5.82 Å². The molecule has 0 spiro atoms. The number of aryl methyl sites for hydroxylation is 1. The summed E-state index contributed by atoms with van der Waals surface area (Å²) in [6, 6.07) is 28.5. The number of fused-ring (bicyclic) bond motifs is 1. The van der Waals surface area contributed by atoms with Crippen molar-refractivity contribution < 1.29 is 4.39 Å². The minimum absolute atomic E-state index is 0.233. The van der Waals surface area contributed by atoms with Crippen molar-refractivity contribution in [3.8, 4) is 11.1 Å². The molecule has 0 fully saturated rings. The third-order valence-electron chi connectivity index (χ3n) is 8.51. The van der Waals surface area contributed by atoms with E-state index in [0.29, 0.717) is 11.8 Å². The number of allylic oxidation sites excluding steroid dienone is 3. The number of benzene rings is 4. The number of anilines is 2. The molecule has 0 bridgehead atoms. The van der Waals surface area contributed by atoms with Gasteiger partial charge in [0.2, 0.25) is 5.96 Å². The smallest absolute Gasteiger partial charge is 0.214 e. The fraction of sp³-hybridized carbons (Fsp3) is 0.244. The van der Waals surface area contributed by atoms with E-state index in [1.807, 2.05) is 32.2 Å². The third kappa shape index (κ3) is 6.15. The Balaban J connectivity index is 1.84. The fourth-order valence-corrected chi connectivity index (χ4v) is 6.25. The number of halogens is 1. The molecule has 0 N–H and O–H groups in total. The lowest BCUT2D eigenvalue weighted by Gasteiger charge is -2.34. The zero-order chi connectivity index (χ0) is 32.2. The molecule has 1 heterocycles. The summed E-state index contributed by atoms with van der Waals surface area (Å²) in [7, 11) is 1.89. The zero-order valence-electron chi connectivity index (χ0n) is 27.8. The number of hydrogen-bond acceptors (Lipinski definition) is 1. The van der Waals surface area contributed by atoms with E-state index in [9.17, 15) is 4.39 Å². The van der Waals surface area contributed by atoms with Gasteiger partial charge in [0, 0.05) is 23.7 Å². The second-order valence-corrected chi connectivity index (χ2v) is 12.2. The van der Waals surface area contributed by atoms with Gasteiger partial charge in [-0.25, -0.2) is 4.39 Å². The first-order valence-corrected chi connectivity index (χ1v) is 15.8.